The first-order valence-electron chi connectivity index (χ1n) is 13.9. The largest absolute Gasteiger partial charge is 0.493 e. The highest BCUT2D eigenvalue weighted by Gasteiger charge is 2.08. The van der Waals surface area contributed by atoms with Crippen molar-refractivity contribution in [3.05, 3.63) is 83.7 Å². The number of para-hydroxylation sites is 2. The van der Waals surface area contributed by atoms with Crippen molar-refractivity contribution in [2.45, 2.75) is 51.7 Å². The molecule has 0 spiro atoms. The van der Waals surface area contributed by atoms with Gasteiger partial charge >= 0.3 is 0 Å². The van der Waals surface area contributed by atoms with E-state index >= 15 is 0 Å². The molecule has 3 aromatic carbocycles. The fourth-order valence-electron chi connectivity index (χ4n) is 4.27. The summed E-state index contributed by atoms with van der Waals surface area (Å²) < 4.78 is 29.4. The van der Waals surface area contributed by atoms with E-state index in [2.05, 4.69) is 22.9 Å². The Morgan fingerprint density at radius 2 is 1.57 bits per heavy atom. The van der Waals surface area contributed by atoms with Gasteiger partial charge < -0.3 is 30.2 Å². The average Bonchev–Trinajstić information content (AvgIpc) is 2.96. The first-order chi connectivity index (χ1) is 19.5. The minimum atomic E-state index is -0.239. The van der Waals surface area contributed by atoms with E-state index in [1.165, 1.54) is 12.1 Å². The molecule has 7 nitrogen and oxygen atoms in total. The molecule has 0 aliphatic carbocycles. The summed E-state index contributed by atoms with van der Waals surface area (Å²) in [4.78, 5) is 12.6. The second-order valence-electron chi connectivity index (χ2n) is 9.77. The Kier molecular flexibility index (Phi) is 13.3. The third-order valence-electron chi connectivity index (χ3n) is 6.50. The van der Waals surface area contributed by atoms with Crippen molar-refractivity contribution in [3.8, 4) is 11.5 Å². The van der Waals surface area contributed by atoms with Gasteiger partial charge in [0.25, 0.3) is 0 Å². The van der Waals surface area contributed by atoms with Crippen molar-refractivity contribution < 1.29 is 23.4 Å². The molecule has 0 radical (unpaired) electrons. The molecule has 1 atom stereocenters. The van der Waals surface area contributed by atoms with Gasteiger partial charge in [-0.1, -0.05) is 36.8 Å². The molecule has 0 aromatic heterocycles. The molecule has 0 aliphatic heterocycles. The Bertz CT molecular complexity index is 1170. The number of ether oxygens (including phenoxy) is 3. The van der Waals surface area contributed by atoms with E-state index in [1.807, 2.05) is 42.5 Å². The number of benzene rings is 3. The molecular weight excluding hydrogens is 509 g/mol. The lowest BCUT2D eigenvalue weighted by molar-refractivity contribution is -0.116. The second kappa shape index (κ2) is 17.2. The van der Waals surface area contributed by atoms with Gasteiger partial charge in [-0.2, -0.15) is 0 Å². The van der Waals surface area contributed by atoms with Crippen molar-refractivity contribution in [3.63, 3.8) is 0 Å². The molecular formula is C32H42FN3O4. The van der Waals surface area contributed by atoms with Gasteiger partial charge in [0.2, 0.25) is 5.91 Å². The van der Waals surface area contributed by atoms with E-state index in [1.54, 1.807) is 26.4 Å². The number of halogens is 1. The van der Waals surface area contributed by atoms with Gasteiger partial charge in [-0.15, -0.1) is 0 Å². The molecule has 0 aliphatic rings. The first kappa shape index (κ1) is 30.9. The van der Waals surface area contributed by atoms with Crippen molar-refractivity contribution >= 4 is 17.3 Å². The standard InChI is InChI=1S/C32H42FN3O4/c1-24(22-40-23-26-12-15-27(33)16-13-26)34-19-8-4-5-11-32(37)36-29-10-7-6-9-28(29)35-20-18-25-14-17-30(38-2)31(21-25)39-3/h6-7,9-10,12-17,21,24,34-35H,4-5,8,11,18-20,22-23H2,1-3H3,(H,36,37). The molecule has 216 valence electrons. The van der Waals surface area contributed by atoms with Gasteiger partial charge in [0.1, 0.15) is 5.82 Å². The fraction of sp³-hybridized carbons (Fsp3) is 0.406. The van der Waals surface area contributed by atoms with Crippen LogP contribution in [0.5, 0.6) is 11.5 Å². The fourth-order valence-corrected chi connectivity index (χ4v) is 4.27. The molecule has 1 amide bonds. The van der Waals surface area contributed by atoms with Gasteiger partial charge in [0.15, 0.2) is 11.5 Å². The van der Waals surface area contributed by atoms with E-state index in [-0.39, 0.29) is 17.8 Å². The van der Waals surface area contributed by atoms with Gasteiger partial charge in [-0.3, -0.25) is 4.79 Å². The number of unbranched alkanes of at least 4 members (excludes halogenated alkanes) is 2. The number of rotatable bonds is 18. The van der Waals surface area contributed by atoms with Crippen LogP contribution in [0, 0.1) is 5.82 Å². The molecule has 3 aromatic rings. The summed E-state index contributed by atoms with van der Waals surface area (Å²) in [5.41, 5.74) is 3.78. The summed E-state index contributed by atoms with van der Waals surface area (Å²) in [6.07, 6.45) is 4.07. The zero-order valence-electron chi connectivity index (χ0n) is 23.8. The highest BCUT2D eigenvalue weighted by atomic mass is 19.1. The third-order valence-corrected chi connectivity index (χ3v) is 6.50. The monoisotopic (exact) mass is 551 g/mol. The summed E-state index contributed by atoms with van der Waals surface area (Å²) in [6.45, 7) is 4.72. The third kappa shape index (κ3) is 10.9. The smallest absolute Gasteiger partial charge is 0.224 e. The first-order valence-corrected chi connectivity index (χ1v) is 13.9. The summed E-state index contributed by atoms with van der Waals surface area (Å²) in [5.74, 6) is 1.20. The van der Waals surface area contributed by atoms with Crippen LogP contribution in [-0.4, -0.2) is 45.9 Å². The predicted octanol–water partition coefficient (Wildman–Crippen LogP) is 6.19. The highest BCUT2D eigenvalue weighted by molar-refractivity contribution is 5.94. The molecule has 3 rings (SSSR count). The van der Waals surface area contributed by atoms with Crippen LogP contribution in [0.25, 0.3) is 0 Å². The van der Waals surface area contributed by atoms with Crippen LogP contribution in [0.4, 0.5) is 15.8 Å². The van der Waals surface area contributed by atoms with E-state index in [9.17, 15) is 9.18 Å². The molecule has 40 heavy (non-hydrogen) atoms. The van der Waals surface area contributed by atoms with E-state index in [0.717, 1.165) is 54.7 Å². The minimum absolute atomic E-state index is 0.0182. The summed E-state index contributed by atoms with van der Waals surface area (Å²) in [7, 11) is 3.26. The van der Waals surface area contributed by atoms with Crippen molar-refractivity contribution in [2.24, 2.45) is 0 Å². The lowest BCUT2D eigenvalue weighted by Crippen LogP contribution is -2.31. The normalized spacial score (nSPS) is 11.6. The molecule has 8 heteroatoms. The SMILES string of the molecule is COc1ccc(CCNc2ccccc2NC(=O)CCCCCNC(C)COCc2ccc(F)cc2)cc1OC. The second-order valence-corrected chi connectivity index (χ2v) is 9.77. The highest BCUT2D eigenvalue weighted by Crippen LogP contribution is 2.28. The van der Waals surface area contributed by atoms with Crippen molar-refractivity contribution in [1.82, 2.24) is 5.32 Å². The Hall–Kier alpha value is -3.62. The minimum Gasteiger partial charge on any atom is -0.493 e. The Balaban J connectivity index is 1.29. The maximum atomic E-state index is 13.0. The lowest BCUT2D eigenvalue weighted by Gasteiger charge is -2.15. The number of carbonyl (C=O) groups is 1. The molecule has 0 saturated heterocycles. The zero-order chi connectivity index (χ0) is 28.6. The maximum absolute atomic E-state index is 13.0. The molecule has 0 heterocycles. The summed E-state index contributed by atoms with van der Waals surface area (Å²) >= 11 is 0. The number of amides is 1. The number of nitrogens with one attached hydrogen (secondary N) is 3. The van der Waals surface area contributed by atoms with E-state index in [0.29, 0.717) is 37.7 Å². The van der Waals surface area contributed by atoms with Crippen molar-refractivity contribution in [1.29, 1.82) is 0 Å². The Labute approximate surface area is 237 Å². The maximum Gasteiger partial charge on any atom is 0.224 e. The molecule has 0 fully saturated rings. The number of methoxy groups -OCH3 is 2. The van der Waals surface area contributed by atoms with Crippen LogP contribution in [0.2, 0.25) is 0 Å². The number of carbonyl (C=O) groups excluding carboxylic acids is 1. The van der Waals surface area contributed by atoms with E-state index in [4.69, 9.17) is 14.2 Å². The van der Waals surface area contributed by atoms with Crippen molar-refractivity contribution in [2.75, 3.05) is 44.5 Å². The van der Waals surface area contributed by atoms with Gasteiger partial charge in [0, 0.05) is 19.0 Å². The molecule has 0 saturated carbocycles. The van der Waals surface area contributed by atoms with Crippen LogP contribution in [0.3, 0.4) is 0 Å². The van der Waals surface area contributed by atoms with Gasteiger partial charge in [-0.05, 0) is 80.3 Å². The van der Waals surface area contributed by atoms with Gasteiger partial charge in [0.05, 0.1) is 38.8 Å². The van der Waals surface area contributed by atoms with Crippen LogP contribution >= 0.6 is 0 Å². The lowest BCUT2D eigenvalue weighted by atomic mass is 10.1. The Morgan fingerprint density at radius 1 is 0.850 bits per heavy atom. The zero-order valence-corrected chi connectivity index (χ0v) is 23.8. The molecule has 1 unspecified atom stereocenters. The van der Waals surface area contributed by atoms with E-state index < -0.39 is 0 Å². The topological polar surface area (TPSA) is 80.9 Å². The van der Waals surface area contributed by atoms with Crippen LogP contribution in [0.1, 0.15) is 43.7 Å². The van der Waals surface area contributed by atoms with Crippen LogP contribution in [-0.2, 0) is 22.6 Å². The quantitative estimate of drug-likeness (QED) is 0.164. The Morgan fingerprint density at radius 3 is 2.33 bits per heavy atom. The van der Waals surface area contributed by atoms with Crippen LogP contribution < -0.4 is 25.4 Å². The summed E-state index contributed by atoms with van der Waals surface area (Å²) in [5, 5.41) is 9.93. The molecule has 0 bridgehead atoms. The van der Waals surface area contributed by atoms with Gasteiger partial charge in [-0.25, -0.2) is 4.39 Å². The number of anilines is 2. The van der Waals surface area contributed by atoms with Crippen LogP contribution in [0.15, 0.2) is 66.7 Å². The number of hydrogen-bond acceptors (Lipinski definition) is 6. The summed E-state index contributed by atoms with van der Waals surface area (Å²) in [6, 6.07) is 20.3. The number of hydrogen-bond donors (Lipinski definition) is 3. The predicted molar refractivity (Wildman–Crippen MR) is 159 cm³/mol. The average molecular weight is 552 g/mol. The molecule has 3 N–H and O–H groups in total.